The number of halogens is 3. The lowest BCUT2D eigenvalue weighted by atomic mass is 9.83. The maximum Gasteiger partial charge on any atom is 0.162 e. The van der Waals surface area contributed by atoms with E-state index in [4.69, 9.17) is 0 Å². The van der Waals surface area contributed by atoms with E-state index < -0.39 is 11.6 Å². The summed E-state index contributed by atoms with van der Waals surface area (Å²) in [5.41, 5.74) is 0.930. The van der Waals surface area contributed by atoms with Crippen molar-refractivity contribution in [3.63, 3.8) is 0 Å². The van der Waals surface area contributed by atoms with Crippen LogP contribution in [0.5, 0.6) is 0 Å². The minimum absolute atomic E-state index is 0.160. The molecule has 0 amide bonds. The van der Waals surface area contributed by atoms with Gasteiger partial charge in [0.05, 0.1) is 0 Å². The van der Waals surface area contributed by atoms with Gasteiger partial charge in [0.25, 0.3) is 0 Å². The highest BCUT2D eigenvalue weighted by atomic mass is 79.9. The van der Waals surface area contributed by atoms with Crippen LogP contribution >= 0.6 is 15.9 Å². The van der Waals surface area contributed by atoms with Crippen LogP contribution in [0, 0.1) is 18.6 Å². The first-order valence-corrected chi connectivity index (χ1v) is 6.59. The SMILES string of the molecule is Cc1ccc(C2CCCC(Br)C2)c(F)c1F. The number of hydrogen-bond donors (Lipinski definition) is 0. The molecular weight excluding hydrogens is 274 g/mol. The highest BCUT2D eigenvalue weighted by Crippen LogP contribution is 2.37. The summed E-state index contributed by atoms with van der Waals surface area (Å²) >= 11 is 3.57. The number of hydrogen-bond acceptors (Lipinski definition) is 0. The fourth-order valence-corrected chi connectivity index (χ4v) is 3.16. The summed E-state index contributed by atoms with van der Waals surface area (Å²) in [5.74, 6) is -1.17. The van der Waals surface area contributed by atoms with E-state index >= 15 is 0 Å². The summed E-state index contributed by atoms with van der Waals surface area (Å²) in [6, 6.07) is 3.41. The van der Waals surface area contributed by atoms with Gasteiger partial charge in [0, 0.05) is 4.83 Å². The van der Waals surface area contributed by atoms with Gasteiger partial charge in [-0.25, -0.2) is 8.78 Å². The van der Waals surface area contributed by atoms with Crippen molar-refractivity contribution in [2.45, 2.75) is 43.4 Å². The van der Waals surface area contributed by atoms with Crippen molar-refractivity contribution in [3.05, 3.63) is 34.9 Å². The van der Waals surface area contributed by atoms with Crippen LogP contribution in [0.2, 0.25) is 0 Å². The van der Waals surface area contributed by atoms with E-state index in [0.717, 1.165) is 25.7 Å². The Balaban J connectivity index is 2.29. The van der Waals surface area contributed by atoms with Gasteiger partial charge in [-0.1, -0.05) is 34.5 Å². The molecule has 0 bridgehead atoms. The van der Waals surface area contributed by atoms with Crippen molar-refractivity contribution in [2.24, 2.45) is 0 Å². The quantitative estimate of drug-likeness (QED) is 0.658. The average Bonchev–Trinajstić information content (AvgIpc) is 2.26. The first kappa shape index (κ1) is 12.0. The smallest absolute Gasteiger partial charge is 0.162 e. The Bertz CT molecular complexity index is 390. The van der Waals surface area contributed by atoms with E-state index in [2.05, 4.69) is 15.9 Å². The molecule has 2 atom stereocenters. The normalized spacial score (nSPS) is 25.8. The first-order chi connectivity index (χ1) is 7.59. The van der Waals surface area contributed by atoms with Gasteiger partial charge in [-0.15, -0.1) is 0 Å². The minimum atomic E-state index is -0.686. The Morgan fingerprint density at radius 1 is 1.19 bits per heavy atom. The molecule has 1 aromatic carbocycles. The second kappa shape index (κ2) is 4.82. The molecule has 1 saturated carbocycles. The number of rotatable bonds is 1. The molecule has 16 heavy (non-hydrogen) atoms. The second-order valence-electron chi connectivity index (χ2n) is 4.56. The average molecular weight is 289 g/mol. The fraction of sp³-hybridized carbons (Fsp3) is 0.538. The molecule has 0 saturated heterocycles. The molecule has 1 aromatic rings. The lowest BCUT2D eigenvalue weighted by molar-refractivity contribution is 0.426. The van der Waals surface area contributed by atoms with Crippen molar-refractivity contribution in [1.29, 1.82) is 0 Å². The Morgan fingerprint density at radius 2 is 1.94 bits per heavy atom. The van der Waals surface area contributed by atoms with Crippen molar-refractivity contribution in [2.75, 3.05) is 0 Å². The molecule has 2 rings (SSSR count). The van der Waals surface area contributed by atoms with Crippen LogP contribution in [0.4, 0.5) is 8.78 Å². The molecule has 0 aliphatic heterocycles. The van der Waals surface area contributed by atoms with Crippen LogP contribution in [-0.2, 0) is 0 Å². The summed E-state index contributed by atoms with van der Waals surface area (Å²) in [6.45, 7) is 1.59. The number of alkyl halides is 1. The van der Waals surface area contributed by atoms with Crippen molar-refractivity contribution < 1.29 is 8.78 Å². The van der Waals surface area contributed by atoms with E-state index in [0.29, 0.717) is 16.0 Å². The van der Waals surface area contributed by atoms with Gasteiger partial charge in [-0.2, -0.15) is 0 Å². The molecule has 1 aliphatic rings. The molecule has 1 aliphatic carbocycles. The molecule has 0 spiro atoms. The molecular formula is C13H15BrF2. The highest BCUT2D eigenvalue weighted by Gasteiger charge is 2.25. The zero-order valence-corrected chi connectivity index (χ0v) is 10.9. The molecule has 1 fully saturated rings. The van der Waals surface area contributed by atoms with E-state index in [1.54, 1.807) is 19.1 Å². The number of aryl methyl sites for hydroxylation is 1. The molecule has 0 radical (unpaired) electrons. The summed E-state index contributed by atoms with van der Waals surface area (Å²) in [7, 11) is 0. The van der Waals surface area contributed by atoms with Crippen LogP contribution < -0.4 is 0 Å². The zero-order valence-electron chi connectivity index (χ0n) is 9.27. The van der Waals surface area contributed by atoms with Crippen LogP contribution in [0.15, 0.2) is 12.1 Å². The Hall–Kier alpha value is -0.440. The summed E-state index contributed by atoms with van der Waals surface area (Å²) in [5, 5.41) is 0. The molecule has 0 heterocycles. The van der Waals surface area contributed by atoms with Gasteiger partial charge in [0.2, 0.25) is 0 Å². The lowest BCUT2D eigenvalue weighted by Crippen LogP contribution is -2.15. The van der Waals surface area contributed by atoms with Crippen LogP contribution in [-0.4, -0.2) is 4.83 Å². The molecule has 0 aromatic heterocycles. The summed E-state index contributed by atoms with van der Waals surface area (Å²) in [4.78, 5) is 0.440. The molecule has 0 nitrogen and oxygen atoms in total. The van der Waals surface area contributed by atoms with E-state index in [-0.39, 0.29) is 5.92 Å². The Kier molecular flexibility index (Phi) is 3.63. The predicted molar refractivity (Wildman–Crippen MR) is 65.0 cm³/mol. The third kappa shape index (κ3) is 2.29. The topological polar surface area (TPSA) is 0 Å². The fourth-order valence-electron chi connectivity index (χ4n) is 2.39. The standard InChI is InChI=1S/C13H15BrF2/c1-8-5-6-11(13(16)12(8)15)9-3-2-4-10(14)7-9/h5-6,9-10H,2-4,7H2,1H3. The van der Waals surface area contributed by atoms with Gasteiger partial charge < -0.3 is 0 Å². The predicted octanol–water partition coefficient (Wildman–Crippen LogP) is 4.69. The van der Waals surface area contributed by atoms with Crippen LogP contribution in [0.1, 0.15) is 42.7 Å². The van der Waals surface area contributed by atoms with E-state index in [9.17, 15) is 8.78 Å². The largest absolute Gasteiger partial charge is 0.203 e. The van der Waals surface area contributed by atoms with Crippen molar-refractivity contribution in [3.8, 4) is 0 Å². The third-order valence-electron chi connectivity index (χ3n) is 3.36. The first-order valence-electron chi connectivity index (χ1n) is 5.68. The molecule has 2 unspecified atom stereocenters. The van der Waals surface area contributed by atoms with Crippen molar-refractivity contribution >= 4 is 15.9 Å². The van der Waals surface area contributed by atoms with Gasteiger partial charge >= 0.3 is 0 Å². The molecule has 0 N–H and O–H groups in total. The third-order valence-corrected chi connectivity index (χ3v) is 4.19. The summed E-state index contributed by atoms with van der Waals surface area (Å²) < 4.78 is 27.2. The molecule has 88 valence electrons. The molecule has 3 heteroatoms. The monoisotopic (exact) mass is 288 g/mol. The van der Waals surface area contributed by atoms with E-state index in [1.807, 2.05) is 0 Å². The Morgan fingerprint density at radius 3 is 2.62 bits per heavy atom. The number of benzene rings is 1. The second-order valence-corrected chi connectivity index (χ2v) is 5.86. The van der Waals surface area contributed by atoms with Gasteiger partial charge in [-0.05, 0) is 43.2 Å². The zero-order chi connectivity index (χ0) is 11.7. The Labute approximate surface area is 103 Å². The van der Waals surface area contributed by atoms with E-state index in [1.165, 1.54) is 0 Å². The van der Waals surface area contributed by atoms with Gasteiger partial charge in [-0.3, -0.25) is 0 Å². The van der Waals surface area contributed by atoms with Crippen LogP contribution in [0.3, 0.4) is 0 Å². The van der Waals surface area contributed by atoms with Gasteiger partial charge in [0.15, 0.2) is 11.6 Å². The highest BCUT2D eigenvalue weighted by molar-refractivity contribution is 9.09. The van der Waals surface area contributed by atoms with Gasteiger partial charge in [0.1, 0.15) is 0 Å². The van der Waals surface area contributed by atoms with Crippen molar-refractivity contribution in [1.82, 2.24) is 0 Å². The summed E-state index contributed by atoms with van der Waals surface area (Å²) in [6.07, 6.45) is 4.07. The lowest BCUT2D eigenvalue weighted by Gasteiger charge is -2.26. The van der Waals surface area contributed by atoms with Crippen LogP contribution in [0.25, 0.3) is 0 Å². The maximum atomic E-state index is 13.8. The minimum Gasteiger partial charge on any atom is -0.203 e. The maximum absolute atomic E-state index is 13.8.